The smallest absolute Gasteiger partial charge is 0 e. The summed E-state index contributed by atoms with van der Waals surface area (Å²) in [6.07, 6.45) is 9.56. The van der Waals surface area contributed by atoms with Crippen LogP contribution in [0.4, 0.5) is 0 Å². The number of hydrogen-bond donors (Lipinski definition) is 1. The second-order valence-electron chi connectivity index (χ2n) is 3.78. The number of piperidine rings is 1. The van der Waals surface area contributed by atoms with E-state index in [0.29, 0.717) is 0 Å². The summed E-state index contributed by atoms with van der Waals surface area (Å²) in [5, 5.41) is 3.42. The molecule has 0 aromatic carbocycles. The Bertz CT molecular complexity index is 111. The van der Waals surface area contributed by atoms with Crippen LogP contribution in [0.1, 0.15) is 32.1 Å². The SMILES string of the molecule is [CH-]1CCC2(C1)CCNCC2.[Y]. The normalized spacial score (nSPS) is 28.4. The molecule has 1 spiro atoms. The van der Waals surface area contributed by atoms with Crippen molar-refractivity contribution < 1.29 is 32.7 Å². The quantitative estimate of drug-likeness (QED) is 0.621. The molecule has 1 heterocycles. The molecule has 2 heteroatoms. The third kappa shape index (κ3) is 2.26. The fourth-order valence-electron chi connectivity index (χ4n) is 2.33. The minimum absolute atomic E-state index is 0. The Morgan fingerprint density at radius 3 is 2.36 bits per heavy atom. The summed E-state index contributed by atoms with van der Waals surface area (Å²) in [7, 11) is 0. The molecule has 1 nitrogen and oxygen atoms in total. The molecule has 0 atom stereocenters. The van der Waals surface area contributed by atoms with Crippen LogP contribution in [0.2, 0.25) is 0 Å². The molecule has 2 fully saturated rings. The molecule has 0 aromatic rings. The van der Waals surface area contributed by atoms with Crippen molar-refractivity contribution in [1.82, 2.24) is 5.32 Å². The van der Waals surface area contributed by atoms with E-state index >= 15 is 0 Å². The van der Waals surface area contributed by atoms with Gasteiger partial charge in [0.1, 0.15) is 0 Å². The number of hydrogen-bond acceptors (Lipinski definition) is 1. The topological polar surface area (TPSA) is 12.0 Å². The Morgan fingerprint density at radius 2 is 1.82 bits per heavy atom. The average molecular weight is 227 g/mol. The van der Waals surface area contributed by atoms with Gasteiger partial charge in [-0.15, -0.1) is 0 Å². The molecule has 2 rings (SSSR count). The van der Waals surface area contributed by atoms with Crippen LogP contribution >= 0.6 is 0 Å². The Morgan fingerprint density at radius 1 is 1.09 bits per heavy atom. The van der Waals surface area contributed by atoms with Crippen molar-refractivity contribution in [2.24, 2.45) is 5.41 Å². The fraction of sp³-hybridized carbons (Fsp3) is 0.889. The van der Waals surface area contributed by atoms with Crippen LogP contribution < -0.4 is 5.32 Å². The summed E-state index contributed by atoms with van der Waals surface area (Å²) >= 11 is 0. The van der Waals surface area contributed by atoms with Gasteiger partial charge in [-0.1, -0.05) is 11.8 Å². The summed E-state index contributed by atoms with van der Waals surface area (Å²) < 4.78 is 0. The zero-order valence-electron chi connectivity index (χ0n) is 7.10. The van der Waals surface area contributed by atoms with Crippen LogP contribution in [0.15, 0.2) is 0 Å². The Labute approximate surface area is 94.6 Å². The van der Waals surface area contributed by atoms with Crippen molar-refractivity contribution in [3.8, 4) is 0 Å². The van der Waals surface area contributed by atoms with E-state index in [4.69, 9.17) is 0 Å². The molecule has 2 aliphatic rings. The molecule has 61 valence electrons. The predicted molar refractivity (Wildman–Crippen MR) is 42.7 cm³/mol. The van der Waals surface area contributed by atoms with E-state index in [-0.39, 0.29) is 32.7 Å². The summed E-state index contributed by atoms with van der Waals surface area (Å²) in [6, 6.07) is 0. The molecule has 1 radical (unpaired) electrons. The van der Waals surface area contributed by atoms with Crippen LogP contribution in [0, 0.1) is 11.8 Å². The first-order valence-corrected chi connectivity index (χ1v) is 4.44. The van der Waals surface area contributed by atoms with Gasteiger partial charge in [-0.3, -0.25) is 0 Å². The van der Waals surface area contributed by atoms with E-state index < -0.39 is 0 Å². The van der Waals surface area contributed by atoms with Gasteiger partial charge in [0.2, 0.25) is 0 Å². The number of nitrogens with one attached hydrogen (secondary N) is 1. The zero-order chi connectivity index (χ0) is 6.86. The van der Waals surface area contributed by atoms with Gasteiger partial charge in [-0.05, 0) is 25.9 Å². The second kappa shape index (κ2) is 4.34. The monoisotopic (exact) mass is 227 g/mol. The zero-order valence-corrected chi connectivity index (χ0v) is 9.94. The molecule has 1 saturated carbocycles. The van der Waals surface area contributed by atoms with Crippen LogP contribution in [-0.4, -0.2) is 13.1 Å². The van der Waals surface area contributed by atoms with Gasteiger partial charge in [-0.2, -0.15) is 12.8 Å². The van der Waals surface area contributed by atoms with Crippen molar-refractivity contribution in [2.45, 2.75) is 32.1 Å². The number of rotatable bonds is 0. The first-order chi connectivity index (χ1) is 4.91. The Balaban J connectivity index is 0.000000605. The summed E-state index contributed by atoms with van der Waals surface area (Å²) in [5.74, 6) is 0. The maximum Gasteiger partial charge on any atom is 0 e. The van der Waals surface area contributed by atoms with Crippen molar-refractivity contribution in [1.29, 1.82) is 0 Å². The van der Waals surface area contributed by atoms with Crippen molar-refractivity contribution in [2.75, 3.05) is 13.1 Å². The standard InChI is InChI=1S/C9H16N.Y/c1-2-4-9(3-1)5-7-10-8-6-9;/h1,10H,2-8H2;/q-1;. The van der Waals surface area contributed by atoms with Crippen molar-refractivity contribution >= 4 is 0 Å². The Kier molecular flexibility index (Phi) is 4.01. The molecule has 1 N–H and O–H groups in total. The van der Waals surface area contributed by atoms with Crippen LogP contribution in [-0.2, 0) is 32.7 Å². The van der Waals surface area contributed by atoms with Gasteiger partial charge < -0.3 is 11.7 Å². The first-order valence-electron chi connectivity index (χ1n) is 4.44. The third-order valence-corrected chi connectivity index (χ3v) is 3.12. The van der Waals surface area contributed by atoms with E-state index in [9.17, 15) is 0 Å². The summed E-state index contributed by atoms with van der Waals surface area (Å²) in [5.41, 5.74) is 0.755. The molecule has 0 aromatic heterocycles. The first kappa shape index (κ1) is 10.1. The summed E-state index contributed by atoms with van der Waals surface area (Å²) in [4.78, 5) is 0. The molecular weight excluding hydrogens is 211 g/mol. The second-order valence-corrected chi connectivity index (χ2v) is 3.78. The van der Waals surface area contributed by atoms with E-state index in [2.05, 4.69) is 11.7 Å². The minimum Gasteiger partial charge on any atom is -0.328 e. The maximum atomic E-state index is 3.42. The maximum absolute atomic E-state index is 3.42. The van der Waals surface area contributed by atoms with Gasteiger partial charge >= 0.3 is 0 Å². The van der Waals surface area contributed by atoms with E-state index in [1.54, 1.807) is 0 Å². The molecule has 0 amide bonds. The van der Waals surface area contributed by atoms with Gasteiger partial charge in [0, 0.05) is 32.7 Å². The molecule has 1 saturated heterocycles. The molecule has 1 aliphatic carbocycles. The van der Waals surface area contributed by atoms with Gasteiger partial charge in [-0.25, -0.2) is 0 Å². The van der Waals surface area contributed by atoms with E-state index in [0.717, 1.165) is 5.41 Å². The van der Waals surface area contributed by atoms with Crippen LogP contribution in [0.25, 0.3) is 0 Å². The average Bonchev–Trinajstić information content (AvgIpc) is 2.39. The van der Waals surface area contributed by atoms with Gasteiger partial charge in [0.15, 0.2) is 0 Å². The predicted octanol–water partition coefficient (Wildman–Crippen LogP) is 1.74. The van der Waals surface area contributed by atoms with Crippen LogP contribution in [0.3, 0.4) is 0 Å². The van der Waals surface area contributed by atoms with Gasteiger partial charge in [0.25, 0.3) is 0 Å². The molecule has 0 unspecified atom stereocenters. The fourth-order valence-corrected chi connectivity index (χ4v) is 2.33. The van der Waals surface area contributed by atoms with E-state index in [1.165, 1.54) is 45.2 Å². The Hall–Kier alpha value is 1.06. The largest absolute Gasteiger partial charge is 0.328 e. The minimum atomic E-state index is 0. The van der Waals surface area contributed by atoms with Crippen LogP contribution in [0.5, 0.6) is 0 Å². The molecule has 0 bridgehead atoms. The molecule has 1 aliphatic heterocycles. The third-order valence-electron chi connectivity index (χ3n) is 3.12. The van der Waals surface area contributed by atoms with Crippen molar-refractivity contribution in [3.63, 3.8) is 0 Å². The molecule has 11 heavy (non-hydrogen) atoms. The van der Waals surface area contributed by atoms with E-state index in [1.807, 2.05) is 0 Å². The molecular formula is C9H16NY-. The van der Waals surface area contributed by atoms with Crippen molar-refractivity contribution in [3.05, 3.63) is 6.42 Å². The van der Waals surface area contributed by atoms with Gasteiger partial charge in [0.05, 0.1) is 0 Å². The summed E-state index contributed by atoms with van der Waals surface area (Å²) in [6.45, 7) is 2.52.